The van der Waals surface area contributed by atoms with E-state index in [2.05, 4.69) is 50.0 Å². The van der Waals surface area contributed by atoms with Crippen molar-refractivity contribution >= 4 is 6.21 Å². The molecule has 1 nitrogen and oxygen atoms in total. The van der Waals surface area contributed by atoms with Gasteiger partial charge in [-0.05, 0) is 31.0 Å². The van der Waals surface area contributed by atoms with Gasteiger partial charge in [0.1, 0.15) is 0 Å². The van der Waals surface area contributed by atoms with E-state index in [4.69, 9.17) is 0 Å². The Morgan fingerprint density at radius 2 is 1.79 bits per heavy atom. The first-order chi connectivity index (χ1) is 6.70. The lowest BCUT2D eigenvalue weighted by molar-refractivity contribution is 0.684. The number of rotatable bonds is 4. The van der Waals surface area contributed by atoms with E-state index in [0.717, 1.165) is 6.42 Å². The second-order valence-electron chi connectivity index (χ2n) is 4.05. The summed E-state index contributed by atoms with van der Waals surface area (Å²) in [6.45, 7) is 6.55. The largest absolute Gasteiger partial charge is 0.290 e. The molecule has 0 amide bonds. The number of benzene rings is 1. The van der Waals surface area contributed by atoms with E-state index in [-0.39, 0.29) is 6.04 Å². The lowest BCUT2D eigenvalue weighted by Gasteiger charge is -2.06. The molecule has 14 heavy (non-hydrogen) atoms. The topological polar surface area (TPSA) is 12.4 Å². The van der Waals surface area contributed by atoms with Crippen LogP contribution in [0.2, 0.25) is 0 Å². The average Bonchev–Trinajstić information content (AvgIpc) is 2.18. The Labute approximate surface area is 86.9 Å². The molecule has 76 valence electrons. The first-order valence-electron chi connectivity index (χ1n) is 5.26. The molecule has 0 heterocycles. The summed E-state index contributed by atoms with van der Waals surface area (Å²) in [4.78, 5) is 4.51. The van der Waals surface area contributed by atoms with Crippen LogP contribution in [-0.4, -0.2) is 6.21 Å². The summed E-state index contributed by atoms with van der Waals surface area (Å²) in [5, 5.41) is 0. The highest BCUT2D eigenvalue weighted by atomic mass is 14.8. The summed E-state index contributed by atoms with van der Waals surface area (Å²) < 4.78 is 0. The van der Waals surface area contributed by atoms with E-state index in [0.29, 0.717) is 5.92 Å². The summed E-state index contributed by atoms with van der Waals surface area (Å²) in [7, 11) is 0. The van der Waals surface area contributed by atoms with Crippen molar-refractivity contribution in [2.24, 2.45) is 10.9 Å². The summed E-state index contributed by atoms with van der Waals surface area (Å²) in [5.41, 5.74) is 1.28. The van der Waals surface area contributed by atoms with E-state index in [1.165, 1.54) is 5.56 Å². The molecule has 0 saturated heterocycles. The van der Waals surface area contributed by atoms with Crippen molar-refractivity contribution in [3.63, 3.8) is 0 Å². The maximum atomic E-state index is 4.51. The van der Waals surface area contributed by atoms with E-state index < -0.39 is 0 Å². The lowest BCUT2D eigenvalue weighted by atomic mass is 10.1. The molecule has 0 fully saturated rings. The zero-order valence-corrected chi connectivity index (χ0v) is 9.27. The molecule has 0 radical (unpaired) electrons. The van der Waals surface area contributed by atoms with Crippen LogP contribution in [0.4, 0.5) is 0 Å². The minimum atomic E-state index is 0.287. The molecule has 0 saturated carbocycles. The quantitative estimate of drug-likeness (QED) is 0.638. The first kappa shape index (κ1) is 11.0. The Bertz CT molecular complexity index is 275. The highest BCUT2D eigenvalue weighted by Gasteiger charge is 1.99. The fraction of sp³-hybridized carbons (Fsp3) is 0.462. The van der Waals surface area contributed by atoms with Gasteiger partial charge in [0.05, 0.1) is 6.04 Å². The fourth-order valence-corrected chi connectivity index (χ4v) is 1.25. The van der Waals surface area contributed by atoms with Gasteiger partial charge in [0.25, 0.3) is 0 Å². The molecule has 1 rings (SSSR count). The van der Waals surface area contributed by atoms with Gasteiger partial charge >= 0.3 is 0 Å². The molecule has 0 spiro atoms. The number of hydrogen-bond donors (Lipinski definition) is 0. The van der Waals surface area contributed by atoms with Gasteiger partial charge in [0, 0.05) is 0 Å². The number of nitrogens with zero attached hydrogens (tertiary/aromatic N) is 1. The molecule has 0 aliphatic rings. The third-order valence-electron chi connectivity index (χ3n) is 2.19. The molecule has 0 aliphatic heterocycles. The van der Waals surface area contributed by atoms with Gasteiger partial charge in [0.15, 0.2) is 0 Å². The lowest BCUT2D eigenvalue weighted by Crippen LogP contribution is -1.92. The van der Waals surface area contributed by atoms with Gasteiger partial charge < -0.3 is 0 Å². The highest BCUT2D eigenvalue weighted by Crippen LogP contribution is 2.15. The van der Waals surface area contributed by atoms with Crippen LogP contribution in [0, 0.1) is 5.92 Å². The van der Waals surface area contributed by atoms with Crippen molar-refractivity contribution in [1.29, 1.82) is 0 Å². The molecule has 0 bridgehead atoms. The number of hydrogen-bond acceptors (Lipinski definition) is 1. The van der Waals surface area contributed by atoms with E-state index >= 15 is 0 Å². The van der Waals surface area contributed by atoms with Gasteiger partial charge in [0.2, 0.25) is 0 Å². The summed E-state index contributed by atoms with van der Waals surface area (Å²) in [5.74, 6) is 0.696. The molecule has 1 aromatic rings. The van der Waals surface area contributed by atoms with Gasteiger partial charge in [-0.1, -0.05) is 44.2 Å². The van der Waals surface area contributed by atoms with Gasteiger partial charge in [-0.25, -0.2) is 0 Å². The Morgan fingerprint density at radius 1 is 1.14 bits per heavy atom. The normalized spacial score (nSPS) is 13.7. The van der Waals surface area contributed by atoms with Gasteiger partial charge in [-0.3, -0.25) is 4.99 Å². The van der Waals surface area contributed by atoms with Crippen molar-refractivity contribution < 1.29 is 0 Å². The zero-order valence-electron chi connectivity index (χ0n) is 9.27. The van der Waals surface area contributed by atoms with Crippen molar-refractivity contribution in [2.45, 2.75) is 33.2 Å². The molecule has 1 aromatic carbocycles. The molecule has 0 N–H and O–H groups in total. The SMILES string of the molecule is CC(C)CC=N[C@@H](C)c1ccccc1. The van der Waals surface area contributed by atoms with Gasteiger partial charge in [-0.2, -0.15) is 0 Å². The highest BCUT2D eigenvalue weighted by molar-refractivity contribution is 5.57. The van der Waals surface area contributed by atoms with Crippen molar-refractivity contribution in [2.75, 3.05) is 0 Å². The van der Waals surface area contributed by atoms with Gasteiger partial charge in [-0.15, -0.1) is 0 Å². The van der Waals surface area contributed by atoms with Crippen molar-refractivity contribution in [3.8, 4) is 0 Å². The van der Waals surface area contributed by atoms with Crippen LogP contribution in [-0.2, 0) is 0 Å². The third-order valence-corrected chi connectivity index (χ3v) is 2.19. The minimum Gasteiger partial charge on any atom is -0.290 e. The standard InChI is InChI=1S/C13H19N/c1-11(2)9-10-14-12(3)13-7-5-4-6-8-13/h4-8,10-12H,9H2,1-3H3/t12-/m0/s1. The summed E-state index contributed by atoms with van der Waals surface area (Å²) >= 11 is 0. The second-order valence-corrected chi connectivity index (χ2v) is 4.05. The third kappa shape index (κ3) is 3.73. The second kappa shape index (κ2) is 5.58. The van der Waals surface area contributed by atoms with Crippen LogP contribution < -0.4 is 0 Å². The smallest absolute Gasteiger partial charge is 0.0716 e. The molecule has 0 aliphatic carbocycles. The van der Waals surface area contributed by atoms with Crippen LogP contribution in [0.15, 0.2) is 35.3 Å². The van der Waals surface area contributed by atoms with Crippen molar-refractivity contribution in [1.82, 2.24) is 0 Å². The molecular formula is C13H19N. The Balaban J connectivity index is 2.50. The van der Waals surface area contributed by atoms with E-state index in [1.54, 1.807) is 0 Å². The molecule has 0 aromatic heterocycles. The monoisotopic (exact) mass is 189 g/mol. The Kier molecular flexibility index (Phi) is 4.37. The first-order valence-corrected chi connectivity index (χ1v) is 5.26. The predicted molar refractivity (Wildman–Crippen MR) is 62.8 cm³/mol. The maximum absolute atomic E-state index is 4.51. The zero-order chi connectivity index (χ0) is 10.4. The van der Waals surface area contributed by atoms with Crippen LogP contribution in [0.1, 0.15) is 38.8 Å². The average molecular weight is 189 g/mol. The van der Waals surface area contributed by atoms with Crippen LogP contribution >= 0.6 is 0 Å². The van der Waals surface area contributed by atoms with E-state index in [1.807, 2.05) is 12.3 Å². The minimum absolute atomic E-state index is 0.287. The molecular weight excluding hydrogens is 170 g/mol. The molecule has 1 heteroatoms. The Hall–Kier alpha value is -1.11. The van der Waals surface area contributed by atoms with Crippen molar-refractivity contribution in [3.05, 3.63) is 35.9 Å². The fourth-order valence-electron chi connectivity index (χ4n) is 1.25. The molecule has 1 atom stereocenters. The van der Waals surface area contributed by atoms with Crippen LogP contribution in [0.3, 0.4) is 0 Å². The van der Waals surface area contributed by atoms with Crippen LogP contribution in [0.5, 0.6) is 0 Å². The molecule has 0 unspecified atom stereocenters. The predicted octanol–water partition coefficient (Wildman–Crippen LogP) is 3.86. The van der Waals surface area contributed by atoms with Crippen LogP contribution in [0.25, 0.3) is 0 Å². The number of aliphatic imine (C=N–C) groups is 1. The van der Waals surface area contributed by atoms with E-state index in [9.17, 15) is 0 Å². The summed E-state index contributed by atoms with van der Waals surface area (Å²) in [6.07, 6.45) is 3.11. The summed E-state index contributed by atoms with van der Waals surface area (Å²) in [6, 6.07) is 10.7. The Morgan fingerprint density at radius 3 is 2.36 bits per heavy atom. The maximum Gasteiger partial charge on any atom is 0.0716 e.